The van der Waals surface area contributed by atoms with Crippen molar-refractivity contribution in [2.75, 3.05) is 5.32 Å². The number of anilines is 1. The fourth-order valence-corrected chi connectivity index (χ4v) is 2.42. The Kier molecular flexibility index (Phi) is 5.18. The normalized spacial score (nSPS) is 10.6. The third kappa shape index (κ3) is 4.29. The Bertz CT molecular complexity index is 876. The average molecular weight is 339 g/mol. The lowest BCUT2D eigenvalue weighted by Gasteiger charge is -2.05. The van der Waals surface area contributed by atoms with E-state index in [1.54, 1.807) is 18.2 Å². The molecule has 6 heteroatoms. The molecule has 0 unspecified atom stereocenters. The van der Waals surface area contributed by atoms with Crippen LogP contribution in [0.4, 0.5) is 10.1 Å². The predicted molar refractivity (Wildman–Crippen MR) is 92.5 cm³/mol. The minimum Gasteiger partial charge on any atom is -0.339 e. The molecule has 1 heterocycles. The second-order valence-corrected chi connectivity index (χ2v) is 5.59. The topological polar surface area (TPSA) is 68.0 Å². The number of amides is 1. The van der Waals surface area contributed by atoms with E-state index in [0.717, 1.165) is 17.7 Å². The third-order valence-corrected chi connectivity index (χ3v) is 3.77. The largest absolute Gasteiger partial charge is 0.339 e. The second kappa shape index (κ2) is 7.70. The summed E-state index contributed by atoms with van der Waals surface area (Å²) in [6.45, 7) is 2.06. The molecule has 25 heavy (non-hydrogen) atoms. The molecule has 3 aromatic rings. The van der Waals surface area contributed by atoms with Gasteiger partial charge in [-0.2, -0.15) is 4.98 Å². The zero-order chi connectivity index (χ0) is 17.6. The number of hydrogen-bond donors (Lipinski definition) is 1. The van der Waals surface area contributed by atoms with Crippen molar-refractivity contribution in [2.24, 2.45) is 0 Å². The number of hydrogen-bond acceptors (Lipinski definition) is 4. The van der Waals surface area contributed by atoms with Gasteiger partial charge in [0.15, 0.2) is 0 Å². The van der Waals surface area contributed by atoms with E-state index in [4.69, 9.17) is 4.52 Å². The maximum Gasteiger partial charge on any atom is 0.227 e. The van der Waals surface area contributed by atoms with Crippen LogP contribution < -0.4 is 5.32 Å². The molecule has 0 aliphatic carbocycles. The van der Waals surface area contributed by atoms with Crippen LogP contribution in [0, 0.1) is 5.82 Å². The Balaban J connectivity index is 1.58. The van der Waals surface area contributed by atoms with E-state index in [1.165, 1.54) is 6.07 Å². The van der Waals surface area contributed by atoms with Gasteiger partial charge in [0.05, 0.1) is 5.56 Å². The molecule has 0 saturated heterocycles. The molecule has 0 radical (unpaired) electrons. The fraction of sp³-hybridized carbons (Fsp3) is 0.211. The zero-order valence-corrected chi connectivity index (χ0v) is 13.8. The minimum absolute atomic E-state index is 0.140. The van der Waals surface area contributed by atoms with Gasteiger partial charge in [0.2, 0.25) is 17.6 Å². The lowest BCUT2D eigenvalue weighted by atomic mass is 10.1. The lowest BCUT2D eigenvalue weighted by molar-refractivity contribution is -0.116. The van der Waals surface area contributed by atoms with Crippen LogP contribution in [0.5, 0.6) is 0 Å². The number of aryl methyl sites for hydroxylation is 2. The Morgan fingerprint density at radius 2 is 2.04 bits per heavy atom. The van der Waals surface area contributed by atoms with Crippen molar-refractivity contribution in [1.82, 2.24) is 10.1 Å². The van der Waals surface area contributed by atoms with Crippen molar-refractivity contribution in [1.29, 1.82) is 0 Å². The maximum atomic E-state index is 13.7. The molecule has 0 aliphatic rings. The first kappa shape index (κ1) is 16.8. The van der Waals surface area contributed by atoms with E-state index >= 15 is 0 Å². The highest BCUT2D eigenvalue weighted by atomic mass is 19.1. The molecule has 0 fully saturated rings. The summed E-state index contributed by atoms with van der Waals surface area (Å²) in [6.07, 6.45) is 1.40. The van der Waals surface area contributed by atoms with E-state index in [-0.39, 0.29) is 23.7 Å². The number of halogens is 1. The first-order valence-electron chi connectivity index (χ1n) is 8.12. The molecule has 1 N–H and O–H groups in total. The van der Waals surface area contributed by atoms with Gasteiger partial charge in [-0.1, -0.05) is 36.3 Å². The van der Waals surface area contributed by atoms with Gasteiger partial charge in [-0.25, -0.2) is 4.39 Å². The highest BCUT2D eigenvalue weighted by Crippen LogP contribution is 2.19. The molecule has 0 saturated carbocycles. The molecular weight excluding hydrogens is 321 g/mol. The van der Waals surface area contributed by atoms with Gasteiger partial charge < -0.3 is 9.84 Å². The summed E-state index contributed by atoms with van der Waals surface area (Å²) in [6, 6.07) is 13.9. The van der Waals surface area contributed by atoms with Gasteiger partial charge in [0, 0.05) is 18.5 Å². The number of benzene rings is 2. The van der Waals surface area contributed by atoms with Crippen molar-refractivity contribution < 1.29 is 13.7 Å². The van der Waals surface area contributed by atoms with Crippen molar-refractivity contribution in [3.63, 3.8) is 0 Å². The zero-order valence-electron chi connectivity index (χ0n) is 13.8. The van der Waals surface area contributed by atoms with E-state index in [1.807, 2.05) is 24.3 Å². The molecule has 0 atom stereocenters. The fourth-order valence-electron chi connectivity index (χ4n) is 2.42. The number of carbonyl (C=O) groups is 1. The number of nitrogens with one attached hydrogen (secondary N) is 1. The summed E-state index contributed by atoms with van der Waals surface area (Å²) < 4.78 is 18.8. The first-order chi connectivity index (χ1) is 12.2. The van der Waals surface area contributed by atoms with Crippen LogP contribution in [-0.4, -0.2) is 16.0 Å². The number of aromatic nitrogens is 2. The molecule has 5 nitrogen and oxygen atoms in total. The average Bonchev–Trinajstić information content (AvgIpc) is 3.09. The maximum absolute atomic E-state index is 13.7. The van der Waals surface area contributed by atoms with Crippen molar-refractivity contribution >= 4 is 11.6 Å². The van der Waals surface area contributed by atoms with Gasteiger partial charge >= 0.3 is 0 Å². The quantitative estimate of drug-likeness (QED) is 0.737. The molecule has 2 aromatic carbocycles. The summed E-state index contributed by atoms with van der Waals surface area (Å²) in [5.41, 5.74) is 2.20. The van der Waals surface area contributed by atoms with E-state index in [0.29, 0.717) is 12.3 Å². The van der Waals surface area contributed by atoms with Gasteiger partial charge in [0.25, 0.3) is 0 Å². The first-order valence-corrected chi connectivity index (χ1v) is 8.12. The van der Waals surface area contributed by atoms with Crippen LogP contribution in [0.2, 0.25) is 0 Å². The highest BCUT2D eigenvalue weighted by molar-refractivity contribution is 5.90. The van der Waals surface area contributed by atoms with Crippen LogP contribution in [0.25, 0.3) is 11.4 Å². The van der Waals surface area contributed by atoms with E-state index in [2.05, 4.69) is 22.4 Å². The molecule has 128 valence electrons. The lowest BCUT2D eigenvalue weighted by Crippen LogP contribution is -2.12. The SMILES string of the molecule is CCc1cccc(NC(=O)CCc2nc(-c3ccccc3F)no2)c1. The molecule has 1 aromatic heterocycles. The van der Waals surface area contributed by atoms with E-state index < -0.39 is 5.82 Å². The summed E-state index contributed by atoms with van der Waals surface area (Å²) in [5.74, 6) is -0.0674. The Labute approximate surface area is 144 Å². The van der Waals surface area contributed by atoms with Gasteiger partial charge in [-0.3, -0.25) is 4.79 Å². The van der Waals surface area contributed by atoms with Gasteiger partial charge in [-0.05, 0) is 36.2 Å². The van der Waals surface area contributed by atoms with E-state index in [9.17, 15) is 9.18 Å². The third-order valence-electron chi connectivity index (χ3n) is 3.77. The summed E-state index contributed by atoms with van der Waals surface area (Å²) in [5, 5.41) is 6.62. The summed E-state index contributed by atoms with van der Waals surface area (Å²) >= 11 is 0. The smallest absolute Gasteiger partial charge is 0.227 e. The molecular formula is C19H18FN3O2. The monoisotopic (exact) mass is 339 g/mol. The number of nitrogens with zero attached hydrogens (tertiary/aromatic N) is 2. The molecule has 3 rings (SSSR count). The molecule has 0 spiro atoms. The summed E-state index contributed by atoms with van der Waals surface area (Å²) in [4.78, 5) is 16.2. The standard InChI is InChI=1S/C19H18FN3O2/c1-2-13-6-5-7-14(12-13)21-17(24)10-11-18-22-19(23-25-18)15-8-3-4-9-16(15)20/h3-9,12H,2,10-11H2,1H3,(H,21,24). The molecule has 1 amide bonds. The number of rotatable bonds is 6. The molecule has 0 aliphatic heterocycles. The Morgan fingerprint density at radius 1 is 1.20 bits per heavy atom. The van der Waals surface area contributed by atoms with Gasteiger partial charge in [0.1, 0.15) is 5.82 Å². The second-order valence-electron chi connectivity index (χ2n) is 5.59. The molecule has 0 bridgehead atoms. The van der Waals surface area contributed by atoms with Crippen LogP contribution >= 0.6 is 0 Å². The van der Waals surface area contributed by atoms with Crippen molar-refractivity contribution in [2.45, 2.75) is 26.2 Å². The van der Waals surface area contributed by atoms with Crippen LogP contribution in [0.3, 0.4) is 0 Å². The van der Waals surface area contributed by atoms with Crippen LogP contribution in [0.1, 0.15) is 24.8 Å². The highest BCUT2D eigenvalue weighted by Gasteiger charge is 2.13. The minimum atomic E-state index is -0.414. The predicted octanol–water partition coefficient (Wildman–Crippen LogP) is 4.01. The summed E-state index contributed by atoms with van der Waals surface area (Å²) in [7, 11) is 0. The van der Waals surface area contributed by atoms with Gasteiger partial charge in [-0.15, -0.1) is 0 Å². The Morgan fingerprint density at radius 3 is 2.84 bits per heavy atom. The van der Waals surface area contributed by atoms with Crippen LogP contribution in [-0.2, 0) is 17.6 Å². The Hall–Kier alpha value is -3.02. The van der Waals surface area contributed by atoms with Crippen LogP contribution in [0.15, 0.2) is 53.1 Å². The van der Waals surface area contributed by atoms with Crippen molar-refractivity contribution in [3.8, 4) is 11.4 Å². The number of carbonyl (C=O) groups excluding carboxylic acids is 1. The van der Waals surface area contributed by atoms with Crippen molar-refractivity contribution in [3.05, 3.63) is 65.8 Å².